The fourth-order valence-electron chi connectivity index (χ4n) is 3.78. The molecular weight excluding hydrogens is 444 g/mol. The van der Waals surface area contributed by atoms with E-state index in [2.05, 4.69) is 41.7 Å². The van der Waals surface area contributed by atoms with E-state index in [0.717, 1.165) is 22.4 Å². The minimum atomic E-state index is 0.388. The van der Waals surface area contributed by atoms with E-state index in [0.29, 0.717) is 28.8 Å². The quantitative estimate of drug-likeness (QED) is 0.195. The van der Waals surface area contributed by atoms with E-state index in [1.165, 1.54) is 5.56 Å². The first kappa shape index (κ1) is 23.0. The van der Waals surface area contributed by atoms with Crippen LogP contribution in [0.4, 0.5) is 5.95 Å². The molecule has 0 saturated heterocycles. The third-order valence-electron chi connectivity index (χ3n) is 5.72. The molecule has 1 heterocycles. The summed E-state index contributed by atoms with van der Waals surface area (Å²) in [5.74, 6) is 1.69. The van der Waals surface area contributed by atoms with Gasteiger partial charge in [-0.25, -0.2) is 15.4 Å². The monoisotopic (exact) mass is 470 g/mol. The molecular formula is C31H26N4O. The van der Waals surface area contributed by atoms with Crippen LogP contribution in [0.5, 0.6) is 11.5 Å². The predicted molar refractivity (Wildman–Crippen MR) is 146 cm³/mol. The first-order valence-corrected chi connectivity index (χ1v) is 11.8. The summed E-state index contributed by atoms with van der Waals surface area (Å²) in [6.07, 6.45) is 0. The van der Waals surface area contributed by atoms with Crippen LogP contribution in [0, 0.1) is 6.92 Å². The summed E-state index contributed by atoms with van der Waals surface area (Å²) in [4.78, 5) is 9.70. The van der Waals surface area contributed by atoms with Gasteiger partial charge >= 0.3 is 0 Å². The molecule has 176 valence electrons. The maximum Gasteiger partial charge on any atom is 0.244 e. The molecule has 0 amide bonds. The number of nitrogens with zero attached hydrogens (tertiary/aromatic N) is 3. The van der Waals surface area contributed by atoms with Crippen molar-refractivity contribution in [2.75, 3.05) is 5.43 Å². The molecule has 36 heavy (non-hydrogen) atoms. The third-order valence-corrected chi connectivity index (χ3v) is 5.72. The van der Waals surface area contributed by atoms with Gasteiger partial charge in [-0.05, 0) is 31.5 Å². The lowest BCUT2D eigenvalue weighted by molar-refractivity contribution is 0.482. The molecule has 0 unspecified atom stereocenters. The Balaban J connectivity index is 1.63. The van der Waals surface area contributed by atoms with Crippen molar-refractivity contribution in [3.8, 4) is 34.0 Å². The minimum absolute atomic E-state index is 0.388. The number of para-hydroxylation sites is 1. The molecule has 0 spiro atoms. The second kappa shape index (κ2) is 10.7. The SMILES string of the molecule is C/C(=N/Nc1nc(-c2ccccc2)c(Oc2ccccc2)c(-c2ccccc2)n1)c1ccc(C)cc1. The van der Waals surface area contributed by atoms with Crippen LogP contribution in [0.2, 0.25) is 0 Å². The van der Waals surface area contributed by atoms with E-state index in [9.17, 15) is 0 Å². The van der Waals surface area contributed by atoms with E-state index in [-0.39, 0.29) is 0 Å². The van der Waals surface area contributed by atoms with Gasteiger partial charge in [-0.15, -0.1) is 0 Å². The highest BCUT2D eigenvalue weighted by Crippen LogP contribution is 2.40. The Bertz CT molecular complexity index is 1410. The molecule has 5 heteroatoms. The lowest BCUT2D eigenvalue weighted by Crippen LogP contribution is -2.06. The molecule has 0 bridgehead atoms. The largest absolute Gasteiger partial charge is 0.453 e. The van der Waals surface area contributed by atoms with Gasteiger partial charge < -0.3 is 4.74 Å². The Morgan fingerprint density at radius 3 is 1.69 bits per heavy atom. The number of ether oxygens (including phenoxy) is 1. The molecule has 5 rings (SSSR count). The van der Waals surface area contributed by atoms with Crippen molar-refractivity contribution in [3.63, 3.8) is 0 Å². The van der Waals surface area contributed by atoms with E-state index < -0.39 is 0 Å². The molecule has 0 aliphatic heterocycles. The highest BCUT2D eigenvalue weighted by Gasteiger charge is 2.20. The molecule has 0 radical (unpaired) electrons. The van der Waals surface area contributed by atoms with Gasteiger partial charge in [-0.2, -0.15) is 5.10 Å². The van der Waals surface area contributed by atoms with Crippen LogP contribution in [-0.4, -0.2) is 15.7 Å². The second-order valence-corrected chi connectivity index (χ2v) is 8.40. The number of hydrogen-bond acceptors (Lipinski definition) is 5. The number of nitrogens with one attached hydrogen (secondary N) is 1. The van der Waals surface area contributed by atoms with Crippen LogP contribution in [0.1, 0.15) is 18.1 Å². The Labute approximate surface area is 211 Å². The van der Waals surface area contributed by atoms with Crippen molar-refractivity contribution in [2.24, 2.45) is 5.10 Å². The van der Waals surface area contributed by atoms with Gasteiger partial charge in [0.2, 0.25) is 5.95 Å². The van der Waals surface area contributed by atoms with Crippen molar-refractivity contribution in [2.45, 2.75) is 13.8 Å². The van der Waals surface area contributed by atoms with Gasteiger partial charge in [0.1, 0.15) is 17.1 Å². The summed E-state index contributed by atoms with van der Waals surface area (Å²) < 4.78 is 6.42. The van der Waals surface area contributed by atoms with Gasteiger partial charge in [0.05, 0.1) is 5.71 Å². The minimum Gasteiger partial charge on any atom is -0.453 e. The van der Waals surface area contributed by atoms with Crippen molar-refractivity contribution in [3.05, 3.63) is 126 Å². The van der Waals surface area contributed by atoms with Crippen molar-refractivity contribution in [1.82, 2.24) is 9.97 Å². The Hall–Kier alpha value is -4.77. The Morgan fingerprint density at radius 2 is 1.17 bits per heavy atom. The molecule has 4 aromatic carbocycles. The summed E-state index contributed by atoms with van der Waals surface area (Å²) in [5.41, 5.74) is 9.36. The van der Waals surface area contributed by atoms with Crippen molar-refractivity contribution in [1.29, 1.82) is 0 Å². The number of benzene rings is 4. The lowest BCUT2D eigenvalue weighted by atomic mass is 10.1. The fourth-order valence-corrected chi connectivity index (χ4v) is 3.78. The first-order valence-electron chi connectivity index (χ1n) is 11.8. The second-order valence-electron chi connectivity index (χ2n) is 8.40. The van der Waals surface area contributed by atoms with Crippen LogP contribution in [-0.2, 0) is 0 Å². The molecule has 1 N–H and O–H groups in total. The van der Waals surface area contributed by atoms with Crippen LogP contribution in [0.3, 0.4) is 0 Å². The molecule has 5 aromatic rings. The number of aromatic nitrogens is 2. The van der Waals surface area contributed by atoms with Crippen molar-refractivity contribution < 1.29 is 4.74 Å². The number of rotatable bonds is 7. The maximum absolute atomic E-state index is 6.42. The van der Waals surface area contributed by atoms with Gasteiger partial charge in [-0.1, -0.05) is 109 Å². The van der Waals surface area contributed by atoms with E-state index >= 15 is 0 Å². The summed E-state index contributed by atoms with van der Waals surface area (Å²) in [5, 5.41) is 4.58. The molecule has 0 atom stereocenters. The predicted octanol–water partition coefficient (Wildman–Crippen LogP) is 7.75. The smallest absolute Gasteiger partial charge is 0.244 e. The average Bonchev–Trinajstić information content (AvgIpc) is 2.94. The summed E-state index contributed by atoms with van der Waals surface area (Å²) in [7, 11) is 0. The Kier molecular flexibility index (Phi) is 6.81. The van der Waals surface area contributed by atoms with Gasteiger partial charge in [-0.3, -0.25) is 0 Å². The van der Waals surface area contributed by atoms with Crippen LogP contribution in [0.25, 0.3) is 22.5 Å². The maximum atomic E-state index is 6.42. The number of hydrazone groups is 1. The van der Waals surface area contributed by atoms with Crippen LogP contribution >= 0.6 is 0 Å². The standard InChI is InChI=1S/C31H26N4O/c1-22-18-20-24(21-19-22)23(2)34-35-31-32-28(25-12-6-3-7-13-25)30(36-27-16-10-5-11-17-27)29(33-31)26-14-8-4-9-15-26/h3-21H,1-2H3,(H,32,33,35)/b34-23-. The molecule has 5 nitrogen and oxygen atoms in total. The van der Waals surface area contributed by atoms with Crippen molar-refractivity contribution >= 4 is 11.7 Å². The molecule has 0 aliphatic carbocycles. The van der Waals surface area contributed by atoms with E-state index in [1.54, 1.807) is 0 Å². The zero-order chi connectivity index (χ0) is 24.7. The molecule has 0 aliphatic rings. The number of hydrogen-bond donors (Lipinski definition) is 1. The zero-order valence-electron chi connectivity index (χ0n) is 20.2. The number of aryl methyl sites for hydroxylation is 1. The summed E-state index contributed by atoms with van der Waals surface area (Å²) in [6, 6.07) is 37.9. The highest BCUT2D eigenvalue weighted by atomic mass is 16.5. The molecule has 1 aromatic heterocycles. The molecule has 0 saturated carbocycles. The van der Waals surface area contributed by atoms with Gasteiger partial charge in [0.25, 0.3) is 0 Å². The third kappa shape index (κ3) is 5.31. The topological polar surface area (TPSA) is 59.4 Å². The first-order chi connectivity index (χ1) is 17.7. The van der Waals surface area contributed by atoms with Gasteiger partial charge in [0.15, 0.2) is 5.75 Å². The lowest BCUT2D eigenvalue weighted by Gasteiger charge is -2.16. The molecule has 0 fully saturated rings. The normalized spacial score (nSPS) is 11.2. The highest BCUT2D eigenvalue weighted by molar-refractivity contribution is 5.99. The zero-order valence-corrected chi connectivity index (χ0v) is 20.2. The number of anilines is 1. The van der Waals surface area contributed by atoms with Crippen LogP contribution in [0.15, 0.2) is 120 Å². The van der Waals surface area contributed by atoms with E-state index in [1.807, 2.05) is 97.9 Å². The average molecular weight is 471 g/mol. The summed E-state index contributed by atoms with van der Waals surface area (Å²) in [6.45, 7) is 4.03. The van der Waals surface area contributed by atoms with Crippen LogP contribution < -0.4 is 10.2 Å². The fraction of sp³-hybridized carbons (Fsp3) is 0.0645. The Morgan fingerprint density at radius 1 is 0.667 bits per heavy atom. The summed E-state index contributed by atoms with van der Waals surface area (Å²) >= 11 is 0. The van der Waals surface area contributed by atoms with Gasteiger partial charge in [0, 0.05) is 11.1 Å². The van der Waals surface area contributed by atoms with E-state index in [4.69, 9.17) is 14.7 Å².